The quantitative estimate of drug-likeness (QED) is 0.481. The lowest BCUT2D eigenvalue weighted by molar-refractivity contribution is 0.0417. The zero-order valence-electron chi connectivity index (χ0n) is 9.04. The summed E-state index contributed by atoms with van der Waals surface area (Å²) in [5, 5.41) is 4.99. The van der Waals surface area contributed by atoms with Crippen LogP contribution in [0.15, 0.2) is 23.3 Å². The molecule has 0 atom stereocenters. The van der Waals surface area contributed by atoms with Gasteiger partial charge in [0.25, 0.3) is 0 Å². The van der Waals surface area contributed by atoms with Gasteiger partial charge in [0.1, 0.15) is 0 Å². The molecule has 1 aromatic carbocycles. The van der Waals surface area contributed by atoms with Crippen LogP contribution < -0.4 is 5.59 Å². The van der Waals surface area contributed by atoms with E-state index in [9.17, 15) is 0 Å². The Morgan fingerprint density at radius 3 is 2.69 bits per heavy atom. The number of unbranched alkanes of at least 4 members (excludes halogenated alkanes) is 1. The highest BCUT2D eigenvalue weighted by molar-refractivity contribution is 6.38. The normalized spacial score (nSPS) is 10.9. The lowest BCUT2D eigenvalue weighted by atomic mass is 10.2. The predicted molar refractivity (Wildman–Crippen MR) is 68.1 cm³/mol. The third-order valence-corrected chi connectivity index (χ3v) is 2.57. The first-order valence-electron chi connectivity index (χ1n) is 5.09. The van der Waals surface area contributed by atoms with Crippen LogP contribution in [0.5, 0.6) is 0 Å². The minimum Gasteiger partial charge on any atom is -0.259 e. The van der Waals surface area contributed by atoms with Crippen molar-refractivity contribution in [3.63, 3.8) is 0 Å². The molecule has 0 aliphatic carbocycles. The number of rotatable bonds is 6. The molecule has 0 unspecified atom stereocenters. The summed E-state index contributed by atoms with van der Waals surface area (Å²) < 4.78 is 0. The molecule has 3 nitrogen and oxygen atoms in total. The van der Waals surface area contributed by atoms with Gasteiger partial charge in [-0.15, -0.1) is 0 Å². The van der Waals surface area contributed by atoms with Gasteiger partial charge in [0.15, 0.2) is 0 Å². The second-order valence-corrected chi connectivity index (χ2v) is 4.00. The van der Waals surface area contributed by atoms with Gasteiger partial charge in [-0.2, -0.15) is 10.7 Å². The minimum absolute atomic E-state index is 0.562. The van der Waals surface area contributed by atoms with E-state index < -0.39 is 0 Å². The zero-order valence-corrected chi connectivity index (χ0v) is 10.6. The molecule has 0 spiro atoms. The Labute approximate surface area is 105 Å². The molecular weight excluding hydrogens is 247 g/mol. The third kappa shape index (κ3) is 4.39. The molecule has 0 fully saturated rings. The van der Waals surface area contributed by atoms with Crippen LogP contribution >= 0.6 is 23.2 Å². The summed E-state index contributed by atoms with van der Waals surface area (Å²) in [5.74, 6) is 0. The summed E-state index contributed by atoms with van der Waals surface area (Å²) in [6.45, 7) is 2.72. The van der Waals surface area contributed by atoms with E-state index >= 15 is 0 Å². The standard InChI is InChI=1S/C11H14Cl2N2O/c1-2-3-7-16-15-14-8-9-10(12)5-4-6-11(9)13/h4-6,8,15H,2-3,7H2,1H3. The van der Waals surface area contributed by atoms with Crippen LogP contribution in [0.25, 0.3) is 0 Å². The third-order valence-electron chi connectivity index (χ3n) is 1.91. The van der Waals surface area contributed by atoms with E-state index in [1.54, 1.807) is 18.2 Å². The number of hydrogen-bond acceptors (Lipinski definition) is 3. The first-order valence-corrected chi connectivity index (χ1v) is 5.85. The topological polar surface area (TPSA) is 33.6 Å². The second kappa shape index (κ2) is 7.49. The van der Waals surface area contributed by atoms with Crippen molar-refractivity contribution in [3.05, 3.63) is 33.8 Å². The molecule has 88 valence electrons. The van der Waals surface area contributed by atoms with E-state index in [-0.39, 0.29) is 0 Å². The van der Waals surface area contributed by atoms with Gasteiger partial charge in [0.2, 0.25) is 0 Å². The van der Waals surface area contributed by atoms with Crippen LogP contribution in [-0.4, -0.2) is 12.8 Å². The molecule has 1 rings (SSSR count). The zero-order chi connectivity index (χ0) is 11.8. The maximum absolute atomic E-state index is 5.95. The van der Waals surface area contributed by atoms with Crippen molar-refractivity contribution in [2.24, 2.45) is 5.10 Å². The van der Waals surface area contributed by atoms with Crippen molar-refractivity contribution in [3.8, 4) is 0 Å². The number of hydrazone groups is 1. The molecule has 0 aliphatic heterocycles. The van der Waals surface area contributed by atoms with Gasteiger partial charge in [0, 0.05) is 5.56 Å². The van der Waals surface area contributed by atoms with Gasteiger partial charge in [0.05, 0.1) is 22.9 Å². The van der Waals surface area contributed by atoms with Crippen LogP contribution in [0.3, 0.4) is 0 Å². The Morgan fingerprint density at radius 1 is 1.38 bits per heavy atom. The summed E-state index contributed by atoms with van der Waals surface area (Å²) in [6.07, 6.45) is 3.62. The fraction of sp³-hybridized carbons (Fsp3) is 0.364. The SMILES string of the molecule is CCCCONN=Cc1c(Cl)cccc1Cl. The molecule has 0 aromatic heterocycles. The van der Waals surface area contributed by atoms with Crippen molar-refractivity contribution < 1.29 is 4.84 Å². The molecule has 16 heavy (non-hydrogen) atoms. The van der Waals surface area contributed by atoms with Crippen molar-refractivity contribution in [1.29, 1.82) is 0 Å². The molecular formula is C11H14Cl2N2O. The fourth-order valence-electron chi connectivity index (χ4n) is 1.02. The van der Waals surface area contributed by atoms with Crippen LogP contribution in [0.4, 0.5) is 0 Å². The maximum atomic E-state index is 5.95. The average Bonchev–Trinajstić information content (AvgIpc) is 2.26. The molecule has 0 bridgehead atoms. The van der Waals surface area contributed by atoms with E-state index in [1.165, 1.54) is 6.21 Å². The summed E-state index contributed by atoms with van der Waals surface area (Å²) >= 11 is 11.9. The number of nitrogens with one attached hydrogen (secondary N) is 1. The first kappa shape index (κ1) is 13.3. The summed E-state index contributed by atoms with van der Waals surface area (Å²) in [4.78, 5) is 5.04. The molecule has 1 aromatic rings. The van der Waals surface area contributed by atoms with Crippen LogP contribution in [-0.2, 0) is 4.84 Å². The Bertz CT molecular complexity index is 336. The Morgan fingerprint density at radius 2 is 2.06 bits per heavy atom. The second-order valence-electron chi connectivity index (χ2n) is 3.19. The van der Waals surface area contributed by atoms with Gasteiger partial charge in [-0.3, -0.25) is 4.84 Å². The van der Waals surface area contributed by atoms with Crippen molar-refractivity contribution in [2.75, 3.05) is 6.61 Å². The van der Waals surface area contributed by atoms with Gasteiger partial charge in [-0.05, 0) is 18.6 Å². The average molecular weight is 261 g/mol. The van der Waals surface area contributed by atoms with Gasteiger partial charge < -0.3 is 0 Å². The lowest BCUT2D eigenvalue weighted by Crippen LogP contribution is -2.08. The molecule has 0 aliphatic rings. The number of nitrogens with zero attached hydrogens (tertiary/aromatic N) is 1. The number of hydrogen-bond donors (Lipinski definition) is 1. The van der Waals surface area contributed by atoms with E-state index in [0.29, 0.717) is 22.2 Å². The van der Waals surface area contributed by atoms with Crippen molar-refractivity contribution >= 4 is 29.4 Å². The molecule has 1 N–H and O–H groups in total. The molecule has 0 radical (unpaired) electrons. The van der Waals surface area contributed by atoms with Gasteiger partial charge in [-0.1, -0.05) is 42.6 Å². The highest BCUT2D eigenvalue weighted by atomic mass is 35.5. The van der Waals surface area contributed by atoms with E-state index in [1.807, 2.05) is 0 Å². The number of benzene rings is 1. The molecule has 5 heteroatoms. The summed E-state index contributed by atoms with van der Waals surface area (Å²) in [6, 6.07) is 5.30. The van der Waals surface area contributed by atoms with E-state index in [4.69, 9.17) is 28.0 Å². The van der Waals surface area contributed by atoms with Crippen molar-refractivity contribution in [2.45, 2.75) is 19.8 Å². The Balaban J connectivity index is 2.44. The van der Waals surface area contributed by atoms with Crippen molar-refractivity contribution in [1.82, 2.24) is 5.59 Å². The molecule has 0 saturated carbocycles. The summed E-state index contributed by atoms with van der Waals surface area (Å²) in [5.41, 5.74) is 3.15. The first-order chi connectivity index (χ1) is 7.75. The fourth-order valence-corrected chi connectivity index (χ4v) is 1.52. The molecule has 0 amide bonds. The van der Waals surface area contributed by atoms with E-state index in [2.05, 4.69) is 17.6 Å². The lowest BCUT2D eigenvalue weighted by Gasteiger charge is -2.02. The minimum atomic E-state index is 0.562. The molecule has 0 saturated heterocycles. The largest absolute Gasteiger partial charge is 0.259 e. The smallest absolute Gasteiger partial charge is 0.0764 e. The Kier molecular flexibility index (Phi) is 6.23. The Hall–Kier alpha value is -0.770. The maximum Gasteiger partial charge on any atom is 0.0764 e. The van der Waals surface area contributed by atoms with E-state index in [0.717, 1.165) is 12.8 Å². The number of halogens is 2. The monoisotopic (exact) mass is 260 g/mol. The van der Waals surface area contributed by atoms with Crippen LogP contribution in [0.1, 0.15) is 25.3 Å². The van der Waals surface area contributed by atoms with Crippen LogP contribution in [0.2, 0.25) is 10.0 Å². The van der Waals surface area contributed by atoms with Crippen LogP contribution in [0, 0.1) is 0 Å². The summed E-state index contributed by atoms with van der Waals surface area (Å²) in [7, 11) is 0. The highest BCUT2D eigenvalue weighted by Gasteiger charge is 2.01. The molecule has 0 heterocycles. The van der Waals surface area contributed by atoms with Gasteiger partial charge in [-0.25, -0.2) is 0 Å². The highest BCUT2D eigenvalue weighted by Crippen LogP contribution is 2.21. The van der Waals surface area contributed by atoms with Gasteiger partial charge >= 0.3 is 0 Å². The predicted octanol–water partition coefficient (Wildman–Crippen LogP) is 3.65.